The van der Waals surface area contributed by atoms with Crippen LogP contribution in [0.4, 0.5) is 4.39 Å². The molecule has 0 aliphatic carbocycles. The summed E-state index contributed by atoms with van der Waals surface area (Å²) in [5.41, 5.74) is 3.58. The Hall–Kier alpha value is -4.17. The van der Waals surface area contributed by atoms with E-state index in [9.17, 15) is 4.39 Å². The molecular weight excluding hydrogens is 453 g/mol. The van der Waals surface area contributed by atoms with Gasteiger partial charge in [0.1, 0.15) is 30.1 Å². The van der Waals surface area contributed by atoms with E-state index < -0.39 is 0 Å². The molecule has 0 unspecified atom stereocenters. The lowest BCUT2D eigenvalue weighted by molar-refractivity contribution is 0.234. The van der Waals surface area contributed by atoms with E-state index in [2.05, 4.69) is 90.9 Å². The predicted molar refractivity (Wildman–Crippen MR) is 135 cm³/mol. The summed E-state index contributed by atoms with van der Waals surface area (Å²) in [6, 6.07) is 27.8. The van der Waals surface area contributed by atoms with Gasteiger partial charge in [-0.05, 0) is 35.2 Å². The minimum absolute atomic E-state index is 0.243. The quantitative estimate of drug-likeness (QED) is 0.293. The molecule has 3 aromatic carbocycles. The van der Waals surface area contributed by atoms with Crippen molar-refractivity contribution in [3.63, 3.8) is 0 Å². The Kier molecular flexibility index (Phi) is 7.53. The van der Waals surface area contributed by atoms with Crippen molar-refractivity contribution in [2.45, 2.75) is 32.0 Å². The maximum Gasteiger partial charge on any atom is 0.147 e. The Morgan fingerprint density at radius 1 is 0.806 bits per heavy atom. The second-order valence-corrected chi connectivity index (χ2v) is 8.81. The molecule has 2 heterocycles. The van der Waals surface area contributed by atoms with E-state index in [1.165, 1.54) is 23.3 Å². The summed E-state index contributed by atoms with van der Waals surface area (Å²) in [6.45, 7) is 2.60. The molecule has 0 aliphatic heterocycles. The molecule has 1 N–H and O–H groups in total. The zero-order valence-corrected chi connectivity index (χ0v) is 19.9. The van der Waals surface area contributed by atoms with Crippen molar-refractivity contribution in [1.82, 2.24) is 34.8 Å². The highest BCUT2D eigenvalue weighted by Gasteiger charge is 2.19. The first-order chi connectivity index (χ1) is 17.7. The van der Waals surface area contributed by atoms with Crippen molar-refractivity contribution in [3.05, 3.63) is 132 Å². The zero-order chi connectivity index (χ0) is 24.6. The standard InChI is InChI=1S/C28H28FN7/c29-25-13-11-22(12-14-25)17-36-21-32-34-28(36)19-35(18-27-30-20-31-33-27)16-15-26(23-7-3-1-4-8-23)24-9-5-2-6-10-24/h1-14,20-21,26H,15-19H2,(H,30,31,33). The Balaban J connectivity index is 1.35. The highest BCUT2D eigenvalue weighted by molar-refractivity contribution is 5.32. The van der Waals surface area contributed by atoms with Crippen LogP contribution in [0.5, 0.6) is 0 Å². The lowest BCUT2D eigenvalue weighted by Crippen LogP contribution is -2.28. The van der Waals surface area contributed by atoms with E-state index in [0.29, 0.717) is 19.6 Å². The number of rotatable bonds is 11. The predicted octanol–water partition coefficient (Wildman–Crippen LogP) is 4.81. The molecule has 0 amide bonds. The Bertz CT molecular complexity index is 1280. The molecule has 0 fully saturated rings. The summed E-state index contributed by atoms with van der Waals surface area (Å²) in [6.07, 6.45) is 4.25. The van der Waals surface area contributed by atoms with E-state index in [0.717, 1.165) is 30.2 Å². The summed E-state index contributed by atoms with van der Waals surface area (Å²) in [5, 5.41) is 16.7. The molecule has 0 bridgehead atoms. The monoisotopic (exact) mass is 481 g/mol. The normalized spacial score (nSPS) is 11.4. The van der Waals surface area contributed by atoms with Crippen LogP contribution >= 0.6 is 0 Å². The first-order valence-electron chi connectivity index (χ1n) is 12.0. The lowest BCUT2D eigenvalue weighted by atomic mass is 9.88. The van der Waals surface area contributed by atoms with Gasteiger partial charge in [-0.1, -0.05) is 72.8 Å². The van der Waals surface area contributed by atoms with Crippen LogP contribution in [0.2, 0.25) is 0 Å². The van der Waals surface area contributed by atoms with Crippen LogP contribution in [0, 0.1) is 5.82 Å². The fourth-order valence-corrected chi connectivity index (χ4v) is 4.46. The number of halogens is 1. The number of H-pyrrole nitrogens is 1. The van der Waals surface area contributed by atoms with Crippen LogP contribution in [0.25, 0.3) is 0 Å². The Labute approximate surface area is 209 Å². The number of nitrogens with zero attached hydrogens (tertiary/aromatic N) is 6. The van der Waals surface area contributed by atoms with Gasteiger partial charge in [0.05, 0.1) is 19.6 Å². The van der Waals surface area contributed by atoms with Crippen molar-refractivity contribution in [1.29, 1.82) is 0 Å². The molecule has 5 aromatic rings. The summed E-state index contributed by atoms with van der Waals surface area (Å²) >= 11 is 0. The third-order valence-electron chi connectivity index (χ3n) is 6.31. The van der Waals surface area contributed by atoms with E-state index >= 15 is 0 Å². The molecule has 0 saturated heterocycles. The first kappa shape index (κ1) is 23.6. The van der Waals surface area contributed by atoms with Crippen LogP contribution in [0.3, 0.4) is 0 Å². The number of benzene rings is 3. The molecule has 7 nitrogen and oxygen atoms in total. The van der Waals surface area contributed by atoms with Crippen LogP contribution in [0.1, 0.15) is 40.7 Å². The topological polar surface area (TPSA) is 75.5 Å². The first-order valence-corrected chi connectivity index (χ1v) is 12.0. The molecule has 0 saturated carbocycles. The van der Waals surface area contributed by atoms with E-state index in [4.69, 9.17) is 0 Å². The lowest BCUT2D eigenvalue weighted by Gasteiger charge is -2.25. The molecular formula is C28H28FN7. The second-order valence-electron chi connectivity index (χ2n) is 8.81. The van der Waals surface area contributed by atoms with Crippen molar-refractivity contribution >= 4 is 0 Å². The highest BCUT2D eigenvalue weighted by Crippen LogP contribution is 2.28. The van der Waals surface area contributed by atoms with Crippen LogP contribution < -0.4 is 0 Å². The minimum atomic E-state index is -0.243. The molecule has 36 heavy (non-hydrogen) atoms. The largest absolute Gasteiger partial charge is 0.330 e. The number of hydrogen-bond acceptors (Lipinski definition) is 5. The third-order valence-corrected chi connectivity index (χ3v) is 6.31. The smallest absolute Gasteiger partial charge is 0.147 e. The fourth-order valence-electron chi connectivity index (χ4n) is 4.46. The summed E-state index contributed by atoms with van der Waals surface area (Å²) in [5.74, 6) is 1.67. The van der Waals surface area contributed by atoms with Gasteiger partial charge in [-0.25, -0.2) is 4.39 Å². The molecule has 182 valence electrons. The van der Waals surface area contributed by atoms with Gasteiger partial charge in [-0.15, -0.1) is 20.4 Å². The van der Waals surface area contributed by atoms with Gasteiger partial charge >= 0.3 is 0 Å². The van der Waals surface area contributed by atoms with Crippen LogP contribution in [-0.2, 0) is 19.6 Å². The second kappa shape index (κ2) is 11.5. The van der Waals surface area contributed by atoms with Crippen molar-refractivity contribution in [2.24, 2.45) is 0 Å². The maximum absolute atomic E-state index is 13.3. The van der Waals surface area contributed by atoms with E-state index in [1.807, 2.05) is 4.57 Å². The van der Waals surface area contributed by atoms with Gasteiger partial charge < -0.3 is 9.55 Å². The fraction of sp³-hybridized carbons (Fsp3) is 0.214. The molecule has 0 radical (unpaired) electrons. The molecule has 0 spiro atoms. The minimum Gasteiger partial charge on any atom is -0.330 e. The summed E-state index contributed by atoms with van der Waals surface area (Å²) in [7, 11) is 0. The maximum atomic E-state index is 13.3. The number of nitrogens with one attached hydrogen (secondary N) is 1. The molecule has 8 heteroatoms. The number of aromatic nitrogens is 6. The third kappa shape index (κ3) is 6.09. The number of aromatic amines is 1. The summed E-state index contributed by atoms with van der Waals surface area (Å²) < 4.78 is 15.3. The Morgan fingerprint density at radius 3 is 2.14 bits per heavy atom. The van der Waals surface area contributed by atoms with Gasteiger partial charge in [0.2, 0.25) is 0 Å². The molecule has 5 rings (SSSR count). The molecule has 2 aromatic heterocycles. The number of hydrogen-bond donors (Lipinski definition) is 1. The van der Waals surface area contributed by atoms with Crippen LogP contribution in [-0.4, -0.2) is 41.4 Å². The highest BCUT2D eigenvalue weighted by atomic mass is 19.1. The average Bonchev–Trinajstić information content (AvgIpc) is 3.59. The van der Waals surface area contributed by atoms with Crippen molar-refractivity contribution in [2.75, 3.05) is 6.54 Å². The molecule has 0 aliphatic rings. The average molecular weight is 482 g/mol. The van der Waals surface area contributed by atoms with Gasteiger partial charge in [0.25, 0.3) is 0 Å². The van der Waals surface area contributed by atoms with Crippen LogP contribution in [0.15, 0.2) is 97.6 Å². The zero-order valence-electron chi connectivity index (χ0n) is 19.9. The van der Waals surface area contributed by atoms with Gasteiger partial charge in [0.15, 0.2) is 0 Å². The van der Waals surface area contributed by atoms with Gasteiger partial charge in [-0.3, -0.25) is 4.90 Å². The molecule has 0 atom stereocenters. The van der Waals surface area contributed by atoms with E-state index in [-0.39, 0.29) is 11.7 Å². The van der Waals surface area contributed by atoms with E-state index in [1.54, 1.807) is 24.8 Å². The van der Waals surface area contributed by atoms with Gasteiger partial charge in [-0.2, -0.15) is 0 Å². The van der Waals surface area contributed by atoms with Crippen molar-refractivity contribution < 1.29 is 4.39 Å². The summed E-state index contributed by atoms with van der Waals surface area (Å²) in [4.78, 5) is 5.43. The Morgan fingerprint density at radius 2 is 1.50 bits per heavy atom. The van der Waals surface area contributed by atoms with Crippen molar-refractivity contribution in [3.8, 4) is 0 Å². The van der Waals surface area contributed by atoms with Gasteiger partial charge in [0, 0.05) is 12.5 Å². The SMILES string of the molecule is Fc1ccc(Cn2cnnc2CN(CCC(c2ccccc2)c2ccccc2)Cc2nnc[nH]2)cc1.